The third-order valence-corrected chi connectivity index (χ3v) is 5.15. The summed E-state index contributed by atoms with van der Waals surface area (Å²) in [5.74, 6) is -1.11. The molecule has 3 aromatic rings. The first-order valence-electron chi connectivity index (χ1n) is 7.04. The average molecular weight is 363 g/mol. The maximum atomic E-state index is 12.8. The van der Waals surface area contributed by atoms with Crippen LogP contribution in [0.5, 0.6) is 5.75 Å². The zero-order valence-corrected chi connectivity index (χ0v) is 14.0. The fourth-order valence-corrected chi connectivity index (χ4v) is 3.23. The summed E-state index contributed by atoms with van der Waals surface area (Å²) in [4.78, 5) is 23.7. The van der Waals surface area contributed by atoms with Gasteiger partial charge in [0.15, 0.2) is 11.3 Å². The molecular formula is C16H13NO7S. The minimum absolute atomic E-state index is 0.0248. The third-order valence-electron chi connectivity index (χ3n) is 3.76. The molecule has 0 saturated carbocycles. The van der Waals surface area contributed by atoms with E-state index < -0.39 is 21.4 Å². The number of hydrogen-bond acceptors (Lipinski definition) is 6. The fourth-order valence-electron chi connectivity index (χ4n) is 2.46. The van der Waals surface area contributed by atoms with Crippen LogP contribution in [-0.2, 0) is 10.0 Å². The number of sulfonamides is 1. The first-order valence-corrected chi connectivity index (χ1v) is 8.52. The smallest absolute Gasteiger partial charge is 0.335 e. The van der Waals surface area contributed by atoms with Crippen LogP contribution in [0.15, 0.2) is 44.4 Å². The van der Waals surface area contributed by atoms with Crippen molar-refractivity contribution in [2.45, 2.75) is 4.90 Å². The number of carbonyl (C=O) groups is 1. The molecule has 130 valence electrons. The lowest BCUT2D eigenvalue weighted by Gasteiger charge is -2.09. The van der Waals surface area contributed by atoms with E-state index in [9.17, 15) is 18.0 Å². The maximum absolute atomic E-state index is 12.8. The van der Waals surface area contributed by atoms with Gasteiger partial charge >= 0.3 is 5.97 Å². The van der Waals surface area contributed by atoms with E-state index in [1.54, 1.807) is 0 Å². The van der Waals surface area contributed by atoms with Crippen LogP contribution in [0.25, 0.3) is 21.9 Å². The van der Waals surface area contributed by atoms with Crippen molar-refractivity contribution in [3.63, 3.8) is 0 Å². The Bertz CT molecular complexity index is 1180. The van der Waals surface area contributed by atoms with Gasteiger partial charge in [-0.3, -0.25) is 4.79 Å². The minimum Gasteiger partial charge on any atom is -0.493 e. The number of rotatable bonds is 4. The normalized spacial score (nSPS) is 11.8. The molecule has 8 nitrogen and oxygen atoms in total. The van der Waals surface area contributed by atoms with Crippen LogP contribution < -0.4 is 14.9 Å². The van der Waals surface area contributed by atoms with Crippen LogP contribution in [0, 0.1) is 0 Å². The number of carboxylic acids is 1. The second-order valence-corrected chi connectivity index (χ2v) is 7.04. The van der Waals surface area contributed by atoms with E-state index >= 15 is 0 Å². The number of hydrogen-bond donors (Lipinski definition) is 2. The Balaban J connectivity index is 2.48. The van der Waals surface area contributed by atoms with Gasteiger partial charge in [-0.25, -0.2) is 17.9 Å². The minimum atomic E-state index is -3.82. The Morgan fingerprint density at radius 3 is 2.52 bits per heavy atom. The van der Waals surface area contributed by atoms with Crippen LogP contribution in [0.4, 0.5) is 0 Å². The molecule has 2 aromatic carbocycles. The molecule has 0 atom stereocenters. The SMILES string of the molecule is CNS(=O)(=O)c1cc(OC)c2oc3ccc(C(=O)O)cc3c(=O)c2c1. The topological polar surface area (TPSA) is 123 Å². The van der Waals surface area contributed by atoms with Crippen molar-refractivity contribution in [1.82, 2.24) is 4.72 Å². The molecule has 0 fully saturated rings. The van der Waals surface area contributed by atoms with E-state index in [1.165, 1.54) is 44.5 Å². The highest BCUT2D eigenvalue weighted by Gasteiger charge is 2.20. The third kappa shape index (κ3) is 2.73. The summed E-state index contributed by atoms with van der Waals surface area (Å²) in [6.45, 7) is 0. The maximum Gasteiger partial charge on any atom is 0.335 e. The summed E-state index contributed by atoms with van der Waals surface area (Å²) >= 11 is 0. The number of ether oxygens (including phenoxy) is 1. The molecule has 0 spiro atoms. The van der Waals surface area contributed by atoms with Gasteiger partial charge in [-0.15, -0.1) is 0 Å². The van der Waals surface area contributed by atoms with Crippen LogP contribution >= 0.6 is 0 Å². The molecule has 2 N–H and O–H groups in total. The van der Waals surface area contributed by atoms with Crippen molar-refractivity contribution in [3.05, 3.63) is 46.1 Å². The summed E-state index contributed by atoms with van der Waals surface area (Å²) in [7, 11) is -1.25. The lowest BCUT2D eigenvalue weighted by atomic mass is 10.1. The van der Waals surface area contributed by atoms with E-state index in [4.69, 9.17) is 14.3 Å². The van der Waals surface area contributed by atoms with Gasteiger partial charge in [0.25, 0.3) is 0 Å². The molecule has 3 rings (SSSR count). The first kappa shape index (κ1) is 16.9. The van der Waals surface area contributed by atoms with Crippen molar-refractivity contribution >= 4 is 37.9 Å². The molecule has 0 bridgehead atoms. The van der Waals surface area contributed by atoms with Gasteiger partial charge < -0.3 is 14.3 Å². The standard InChI is InChI=1S/C16H13NO7S/c1-17-25(21,22)9-6-11-14(18)10-5-8(16(19)20)3-4-12(10)24-15(11)13(7-9)23-2/h3-7,17H,1-2H3,(H,19,20). The quantitative estimate of drug-likeness (QED) is 0.674. The molecule has 0 aliphatic heterocycles. The Morgan fingerprint density at radius 2 is 1.92 bits per heavy atom. The monoisotopic (exact) mass is 363 g/mol. The lowest BCUT2D eigenvalue weighted by Crippen LogP contribution is -2.19. The fraction of sp³-hybridized carbons (Fsp3) is 0.125. The summed E-state index contributed by atoms with van der Waals surface area (Å²) in [6, 6.07) is 6.29. The Labute approximate surface area is 141 Å². The highest BCUT2D eigenvalue weighted by Crippen LogP contribution is 2.30. The Kier molecular flexibility index (Phi) is 3.97. The number of fused-ring (bicyclic) bond motifs is 2. The summed E-state index contributed by atoms with van der Waals surface area (Å²) in [6.07, 6.45) is 0. The van der Waals surface area contributed by atoms with E-state index in [0.29, 0.717) is 0 Å². The summed E-state index contributed by atoms with van der Waals surface area (Å²) in [5.41, 5.74) is -0.376. The van der Waals surface area contributed by atoms with Crippen molar-refractivity contribution in [2.75, 3.05) is 14.2 Å². The number of nitrogens with one attached hydrogen (secondary N) is 1. The summed E-state index contributed by atoms with van der Waals surface area (Å²) in [5, 5.41) is 9.08. The van der Waals surface area contributed by atoms with Gasteiger partial charge in [-0.05, 0) is 31.3 Å². The predicted molar refractivity (Wildman–Crippen MR) is 89.7 cm³/mol. The molecule has 0 unspecified atom stereocenters. The van der Waals surface area contributed by atoms with E-state index in [1.807, 2.05) is 0 Å². The highest BCUT2D eigenvalue weighted by atomic mass is 32.2. The van der Waals surface area contributed by atoms with Gasteiger partial charge in [0, 0.05) is 6.07 Å². The zero-order chi connectivity index (χ0) is 18.4. The molecule has 0 aliphatic carbocycles. The van der Waals surface area contributed by atoms with Crippen LogP contribution in [-0.4, -0.2) is 33.7 Å². The van der Waals surface area contributed by atoms with Crippen molar-refractivity contribution < 1.29 is 27.5 Å². The van der Waals surface area contributed by atoms with Gasteiger partial charge in [0.2, 0.25) is 15.5 Å². The average Bonchev–Trinajstić information content (AvgIpc) is 2.60. The largest absolute Gasteiger partial charge is 0.493 e. The molecule has 25 heavy (non-hydrogen) atoms. The second kappa shape index (κ2) is 5.87. The molecule has 0 aliphatic rings. The molecule has 0 amide bonds. The Morgan fingerprint density at radius 1 is 1.20 bits per heavy atom. The second-order valence-electron chi connectivity index (χ2n) is 5.16. The number of aromatic carboxylic acids is 1. The molecule has 1 aromatic heterocycles. The first-order chi connectivity index (χ1) is 11.8. The van der Waals surface area contributed by atoms with Gasteiger partial charge in [-0.2, -0.15) is 0 Å². The molecule has 9 heteroatoms. The van der Waals surface area contributed by atoms with E-state index in [-0.39, 0.29) is 38.1 Å². The molecule has 1 heterocycles. The lowest BCUT2D eigenvalue weighted by molar-refractivity contribution is 0.0697. The molecule has 0 radical (unpaired) electrons. The molecule has 0 saturated heterocycles. The number of methoxy groups -OCH3 is 1. The highest BCUT2D eigenvalue weighted by molar-refractivity contribution is 7.89. The van der Waals surface area contributed by atoms with Crippen molar-refractivity contribution in [1.29, 1.82) is 0 Å². The number of benzene rings is 2. The molecular weight excluding hydrogens is 350 g/mol. The zero-order valence-electron chi connectivity index (χ0n) is 13.2. The van der Waals surface area contributed by atoms with Crippen LogP contribution in [0.3, 0.4) is 0 Å². The summed E-state index contributed by atoms with van der Waals surface area (Å²) < 4.78 is 37.1. The van der Waals surface area contributed by atoms with Crippen molar-refractivity contribution in [2.24, 2.45) is 0 Å². The van der Waals surface area contributed by atoms with Gasteiger partial charge in [0.05, 0.1) is 28.3 Å². The van der Waals surface area contributed by atoms with Crippen LogP contribution in [0.2, 0.25) is 0 Å². The van der Waals surface area contributed by atoms with Gasteiger partial charge in [-0.1, -0.05) is 0 Å². The van der Waals surface area contributed by atoms with E-state index in [2.05, 4.69) is 4.72 Å². The van der Waals surface area contributed by atoms with Crippen molar-refractivity contribution in [3.8, 4) is 5.75 Å². The predicted octanol–water partition coefficient (Wildman–Crippen LogP) is 1.56. The number of carboxylic acid groups (broad SMARTS) is 1. The Hall–Kier alpha value is -2.91. The van der Waals surface area contributed by atoms with Crippen LogP contribution in [0.1, 0.15) is 10.4 Å². The van der Waals surface area contributed by atoms with E-state index in [0.717, 1.165) is 0 Å². The van der Waals surface area contributed by atoms with Gasteiger partial charge in [0.1, 0.15) is 5.58 Å².